The third-order valence-corrected chi connectivity index (χ3v) is 5.53. The molecule has 6 nitrogen and oxygen atoms in total. The van der Waals surface area contributed by atoms with Crippen molar-refractivity contribution in [1.29, 1.82) is 0 Å². The lowest BCUT2D eigenvalue weighted by Crippen LogP contribution is -2.50. The Hall–Kier alpha value is -2.29. The van der Waals surface area contributed by atoms with Crippen LogP contribution in [0.5, 0.6) is 11.5 Å². The number of halogens is 1. The molecule has 2 N–H and O–H groups in total. The van der Waals surface area contributed by atoms with E-state index in [4.69, 9.17) is 4.74 Å². The average molecular weight is 550 g/mol. The monoisotopic (exact) mass is 550 g/mol. The van der Waals surface area contributed by atoms with Gasteiger partial charge in [-0.2, -0.15) is 0 Å². The average Bonchev–Trinajstić information content (AvgIpc) is 2.79. The minimum atomic E-state index is 0. The van der Waals surface area contributed by atoms with Crippen LogP contribution in [0.3, 0.4) is 0 Å². The van der Waals surface area contributed by atoms with Crippen LogP contribution in [0.1, 0.15) is 37.8 Å². The minimum Gasteiger partial charge on any atom is -0.457 e. The molecule has 32 heavy (non-hydrogen) atoms. The molecule has 1 aliphatic heterocycles. The van der Waals surface area contributed by atoms with Gasteiger partial charge in [0, 0.05) is 44.2 Å². The van der Waals surface area contributed by atoms with Crippen LogP contribution in [0, 0.1) is 12.8 Å². The van der Waals surface area contributed by atoms with Crippen LogP contribution in [-0.4, -0.2) is 42.9 Å². The van der Waals surface area contributed by atoms with Gasteiger partial charge in [-0.3, -0.25) is 9.79 Å². The minimum absolute atomic E-state index is 0. The Morgan fingerprint density at radius 3 is 2.41 bits per heavy atom. The van der Waals surface area contributed by atoms with Crippen LogP contribution in [0.15, 0.2) is 53.5 Å². The molecule has 0 aromatic heterocycles. The normalized spacial score (nSPS) is 14.7. The van der Waals surface area contributed by atoms with Gasteiger partial charge in [-0.15, -0.1) is 24.0 Å². The van der Waals surface area contributed by atoms with E-state index in [1.807, 2.05) is 61.2 Å². The standard InChI is InChI=1S/C25H34N4O2.HI/c1-18(2)24(30)29-15-13-21(14-16-29)28-25(26-4)27-17-20-7-5-6-8-23(20)31-22-11-9-19(3)10-12-22;/h5-12,18,21H,13-17H2,1-4H3,(H2,26,27,28);1H. The summed E-state index contributed by atoms with van der Waals surface area (Å²) in [6, 6.07) is 16.4. The third kappa shape index (κ3) is 7.39. The topological polar surface area (TPSA) is 66.0 Å². The van der Waals surface area contributed by atoms with Crippen LogP contribution >= 0.6 is 24.0 Å². The number of amides is 1. The number of hydrogen-bond donors (Lipinski definition) is 2. The highest BCUT2D eigenvalue weighted by Gasteiger charge is 2.24. The second-order valence-corrected chi connectivity index (χ2v) is 8.35. The molecule has 2 aromatic rings. The summed E-state index contributed by atoms with van der Waals surface area (Å²) in [5.41, 5.74) is 2.26. The van der Waals surface area contributed by atoms with Crippen molar-refractivity contribution in [2.24, 2.45) is 10.9 Å². The number of carbonyl (C=O) groups is 1. The SMILES string of the molecule is CN=C(NCc1ccccc1Oc1ccc(C)cc1)NC1CCN(C(=O)C(C)C)CC1.I. The van der Waals surface area contributed by atoms with Gasteiger partial charge in [0.15, 0.2) is 5.96 Å². The number of hydrogen-bond acceptors (Lipinski definition) is 3. The van der Waals surface area contributed by atoms with Crippen LogP contribution in [0.4, 0.5) is 0 Å². The summed E-state index contributed by atoms with van der Waals surface area (Å²) >= 11 is 0. The van der Waals surface area contributed by atoms with Gasteiger partial charge in [0.2, 0.25) is 5.91 Å². The smallest absolute Gasteiger partial charge is 0.225 e. The van der Waals surface area contributed by atoms with E-state index in [2.05, 4.69) is 28.6 Å². The first-order valence-corrected chi connectivity index (χ1v) is 11.0. The van der Waals surface area contributed by atoms with Crippen LogP contribution < -0.4 is 15.4 Å². The Bertz CT molecular complexity index is 891. The molecule has 0 atom stereocenters. The number of carbonyl (C=O) groups excluding carboxylic acids is 1. The van der Waals surface area contributed by atoms with Crippen molar-refractivity contribution in [1.82, 2.24) is 15.5 Å². The number of benzene rings is 2. The van der Waals surface area contributed by atoms with Crippen LogP contribution in [0.25, 0.3) is 0 Å². The molecule has 1 fully saturated rings. The maximum absolute atomic E-state index is 12.2. The maximum Gasteiger partial charge on any atom is 0.225 e. The van der Waals surface area contributed by atoms with E-state index in [0.717, 1.165) is 49.0 Å². The Morgan fingerprint density at radius 1 is 1.12 bits per heavy atom. The summed E-state index contributed by atoms with van der Waals surface area (Å²) in [7, 11) is 1.78. The number of likely N-dealkylation sites (tertiary alicyclic amines) is 1. The number of nitrogens with one attached hydrogen (secondary N) is 2. The van der Waals surface area contributed by atoms with E-state index in [1.165, 1.54) is 5.56 Å². The van der Waals surface area contributed by atoms with Gasteiger partial charge in [-0.25, -0.2) is 0 Å². The van der Waals surface area contributed by atoms with Crippen LogP contribution in [0.2, 0.25) is 0 Å². The zero-order chi connectivity index (χ0) is 22.2. The van der Waals surface area contributed by atoms with Crippen molar-refractivity contribution in [2.45, 2.75) is 46.2 Å². The Labute approximate surface area is 208 Å². The Morgan fingerprint density at radius 2 is 1.78 bits per heavy atom. The summed E-state index contributed by atoms with van der Waals surface area (Å²) in [6.07, 6.45) is 1.85. The number of piperidine rings is 1. The zero-order valence-corrected chi connectivity index (χ0v) is 21.8. The van der Waals surface area contributed by atoms with Gasteiger partial charge >= 0.3 is 0 Å². The van der Waals surface area contributed by atoms with E-state index in [-0.39, 0.29) is 35.8 Å². The summed E-state index contributed by atoms with van der Waals surface area (Å²) in [4.78, 5) is 18.5. The van der Waals surface area contributed by atoms with Crippen molar-refractivity contribution in [2.75, 3.05) is 20.1 Å². The number of aryl methyl sites for hydroxylation is 1. The number of aliphatic imine (C=N–C) groups is 1. The fraction of sp³-hybridized carbons (Fsp3) is 0.440. The fourth-order valence-electron chi connectivity index (χ4n) is 3.66. The Balaban J connectivity index is 0.00000363. The van der Waals surface area contributed by atoms with Crippen molar-refractivity contribution in [3.8, 4) is 11.5 Å². The molecular weight excluding hydrogens is 515 g/mol. The Kier molecular flexibility index (Phi) is 10.3. The zero-order valence-electron chi connectivity index (χ0n) is 19.4. The molecule has 174 valence electrons. The van der Waals surface area contributed by atoms with Gasteiger partial charge in [0.05, 0.1) is 0 Å². The third-order valence-electron chi connectivity index (χ3n) is 5.53. The van der Waals surface area contributed by atoms with Gasteiger partial charge in [-0.1, -0.05) is 49.7 Å². The molecule has 1 aliphatic rings. The van der Waals surface area contributed by atoms with Crippen molar-refractivity contribution in [3.63, 3.8) is 0 Å². The van der Waals surface area contributed by atoms with Crippen LogP contribution in [-0.2, 0) is 11.3 Å². The fourth-order valence-corrected chi connectivity index (χ4v) is 3.66. The second kappa shape index (κ2) is 12.7. The number of rotatable bonds is 6. The molecule has 0 unspecified atom stereocenters. The van der Waals surface area contributed by atoms with Gasteiger partial charge in [-0.05, 0) is 38.0 Å². The van der Waals surface area contributed by atoms with Gasteiger partial charge < -0.3 is 20.3 Å². The van der Waals surface area contributed by atoms with Crippen molar-refractivity contribution in [3.05, 3.63) is 59.7 Å². The summed E-state index contributed by atoms with van der Waals surface area (Å²) in [5, 5.41) is 6.90. The summed E-state index contributed by atoms with van der Waals surface area (Å²) < 4.78 is 6.10. The highest BCUT2D eigenvalue weighted by molar-refractivity contribution is 14.0. The number of para-hydroxylation sites is 1. The van der Waals surface area contributed by atoms with Crippen molar-refractivity contribution >= 4 is 35.8 Å². The highest BCUT2D eigenvalue weighted by Crippen LogP contribution is 2.25. The van der Waals surface area contributed by atoms with E-state index in [9.17, 15) is 4.79 Å². The van der Waals surface area contributed by atoms with E-state index in [0.29, 0.717) is 12.6 Å². The number of guanidine groups is 1. The van der Waals surface area contributed by atoms with Crippen molar-refractivity contribution < 1.29 is 9.53 Å². The largest absolute Gasteiger partial charge is 0.457 e. The predicted molar refractivity (Wildman–Crippen MR) is 141 cm³/mol. The first-order chi connectivity index (χ1) is 15.0. The lowest BCUT2D eigenvalue weighted by Gasteiger charge is -2.34. The molecule has 0 radical (unpaired) electrons. The molecule has 0 spiro atoms. The maximum atomic E-state index is 12.2. The quantitative estimate of drug-likeness (QED) is 0.311. The molecule has 7 heteroatoms. The molecule has 0 aliphatic carbocycles. The number of ether oxygens (including phenoxy) is 1. The molecule has 3 rings (SSSR count). The summed E-state index contributed by atoms with van der Waals surface area (Å²) in [6.45, 7) is 8.16. The molecule has 1 heterocycles. The summed E-state index contributed by atoms with van der Waals surface area (Å²) in [5.74, 6) is 2.71. The first-order valence-electron chi connectivity index (χ1n) is 11.0. The molecule has 1 amide bonds. The van der Waals surface area contributed by atoms with E-state index in [1.54, 1.807) is 7.05 Å². The molecule has 2 aromatic carbocycles. The van der Waals surface area contributed by atoms with E-state index >= 15 is 0 Å². The van der Waals surface area contributed by atoms with Gasteiger partial charge in [0.25, 0.3) is 0 Å². The number of nitrogens with zero attached hydrogens (tertiary/aromatic N) is 2. The lowest BCUT2D eigenvalue weighted by molar-refractivity contribution is -0.135. The molecule has 0 bridgehead atoms. The van der Waals surface area contributed by atoms with Gasteiger partial charge in [0.1, 0.15) is 11.5 Å². The van der Waals surface area contributed by atoms with E-state index < -0.39 is 0 Å². The predicted octanol–water partition coefficient (Wildman–Crippen LogP) is 4.72. The first kappa shape index (κ1) is 26.0. The second-order valence-electron chi connectivity index (χ2n) is 8.35. The molecular formula is C25H35IN4O2. The molecule has 1 saturated heterocycles. The molecule has 0 saturated carbocycles. The highest BCUT2D eigenvalue weighted by atomic mass is 127. The lowest BCUT2D eigenvalue weighted by atomic mass is 10.0.